The molecule has 17 heteroatoms. The van der Waals surface area contributed by atoms with Crippen molar-refractivity contribution >= 4 is 52.0 Å². The lowest BCUT2D eigenvalue weighted by molar-refractivity contribution is -0.155. The molecular formula is C47H57N9O7S. The number of pyridine rings is 1. The molecule has 3 aromatic heterocycles. The third-order valence-electron chi connectivity index (χ3n) is 13.1. The highest BCUT2D eigenvalue weighted by Crippen LogP contribution is 2.43. The highest BCUT2D eigenvalue weighted by Gasteiger charge is 2.58. The third kappa shape index (κ3) is 8.38. The summed E-state index contributed by atoms with van der Waals surface area (Å²) in [6.45, 7) is 12.7. The Kier molecular flexibility index (Phi) is 12.4. The summed E-state index contributed by atoms with van der Waals surface area (Å²) in [5.74, 6) is 3.46. The van der Waals surface area contributed by atoms with Gasteiger partial charge in [-0.3, -0.25) is 34.0 Å². The maximum absolute atomic E-state index is 14.6. The first-order valence-electron chi connectivity index (χ1n) is 22.0. The Labute approximate surface area is 377 Å². The number of carbonyl (C=O) groups excluding carboxylic acids is 5. The van der Waals surface area contributed by atoms with Crippen molar-refractivity contribution in [3.63, 3.8) is 0 Å². The number of ether oxygens (including phenoxy) is 2. The number of hydrogen-bond donors (Lipinski definition) is 2. The molecule has 2 N–H and O–H groups in total. The summed E-state index contributed by atoms with van der Waals surface area (Å²) in [5.41, 5.74) is 7.40. The fourth-order valence-corrected chi connectivity index (χ4v) is 10.5. The highest BCUT2D eigenvalue weighted by molar-refractivity contribution is 7.05. The van der Waals surface area contributed by atoms with Gasteiger partial charge in [0.1, 0.15) is 23.1 Å². The monoisotopic (exact) mass is 891 g/mol. The molecule has 338 valence electrons. The average molecular weight is 892 g/mol. The second-order valence-electron chi connectivity index (χ2n) is 18.7. The van der Waals surface area contributed by atoms with E-state index in [1.165, 1.54) is 5.01 Å². The van der Waals surface area contributed by atoms with Gasteiger partial charge in [-0.15, -0.1) is 0 Å². The number of fused-ring (bicyclic) bond motifs is 6. The van der Waals surface area contributed by atoms with E-state index in [-0.39, 0.29) is 50.0 Å². The fourth-order valence-electron chi connectivity index (χ4n) is 9.75. The minimum Gasteiger partial charge on any atom is -0.464 e. The van der Waals surface area contributed by atoms with Crippen LogP contribution < -0.4 is 10.7 Å². The van der Waals surface area contributed by atoms with Gasteiger partial charge in [-0.25, -0.2) is 10.4 Å². The molecule has 0 saturated carbocycles. The number of hydrogen-bond acceptors (Lipinski definition) is 12. The van der Waals surface area contributed by atoms with Gasteiger partial charge >= 0.3 is 5.97 Å². The van der Waals surface area contributed by atoms with E-state index in [9.17, 15) is 24.0 Å². The Balaban J connectivity index is 1.14. The molecule has 8 rings (SSSR count). The summed E-state index contributed by atoms with van der Waals surface area (Å²) in [7, 11) is 3.71. The van der Waals surface area contributed by atoms with Crippen molar-refractivity contribution < 1.29 is 33.4 Å². The molecule has 1 aromatic carbocycles. The quantitative estimate of drug-likeness (QED) is 0.200. The Morgan fingerprint density at radius 1 is 1.11 bits per heavy atom. The number of likely N-dealkylation sites (tertiary alicyclic amines) is 2. The summed E-state index contributed by atoms with van der Waals surface area (Å²) in [4.78, 5) is 82.3. The topological polar surface area (TPSA) is 181 Å². The number of carbonyl (C=O) groups is 5. The number of benzene rings is 1. The molecular weight excluding hydrogens is 835 g/mol. The molecule has 4 aliphatic rings. The van der Waals surface area contributed by atoms with Crippen molar-refractivity contribution in [2.75, 3.05) is 39.9 Å². The maximum Gasteiger partial charge on any atom is 0.324 e. The van der Waals surface area contributed by atoms with E-state index in [1.54, 1.807) is 30.0 Å². The van der Waals surface area contributed by atoms with Crippen LogP contribution in [0, 0.1) is 28.6 Å². The Morgan fingerprint density at radius 3 is 2.62 bits per heavy atom. The Bertz CT molecular complexity index is 2570. The molecule has 0 aliphatic carbocycles. The van der Waals surface area contributed by atoms with Gasteiger partial charge < -0.3 is 29.2 Å². The number of aromatic nitrogens is 4. The summed E-state index contributed by atoms with van der Waals surface area (Å²) >= 11 is 1.16. The molecule has 3 fully saturated rings. The molecule has 0 unspecified atom stereocenters. The molecule has 0 radical (unpaired) electrons. The molecule has 4 amide bonds. The van der Waals surface area contributed by atoms with Crippen molar-refractivity contribution in [3.8, 4) is 34.5 Å². The van der Waals surface area contributed by atoms with E-state index in [4.69, 9.17) is 23.8 Å². The molecule has 16 nitrogen and oxygen atoms in total. The molecule has 1 spiro atoms. The van der Waals surface area contributed by atoms with E-state index in [0.717, 1.165) is 50.5 Å². The summed E-state index contributed by atoms with van der Waals surface area (Å²) in [6.07, 6.45) is 3.57. The number of cyclic esters (lactones) is 1. The van der Waals surface area contributed by atoms with Crippen LogP contribution in [-0.2, 0) is 53.3 Å². The molecule has 3 saturated heterocycles. The first-order valence-corrected chi connectivity index (χ1v) is 22.8. The first kappa shape index (κ1) is 44.9. The largest absolute Gasteiger partial charge is 0.464 e. The van der Waals surface area contributed by atoms with E-state index in [0.29, 0.717) is 49.6 Å². The van der Waals surface area contributed by atoms with Crippen LogP contribution in [0.1, 0.15) is 83.2 Å². The van der Waals surface area contributed by atoms with Gasteiger partial charge in [0, 0.05) is 80.4 Å². The standard InChI is InChI=1S/C47H57N9O7S/c1-9-12-37(57)54-24-47(25-54)17-20-55(45(47)61)39(27(2)3)42(58)49-34-22-36-50-41(52-64-36)29-15-16-35-31(21-29)32(40(53(35)7)30-13-10-18-48-38(30)28(4)62-8)23-46(5,6)26-63-44(60)33-14-11-19-56(51-33)43(34)59/h10,13,15-16,18,21,27-28,33-34,39,51H,11,14,17,19-20,22-26H2,1-8H3,(H,49,58)/t28-,33-,34-,39-/m0/s1. The van der Waals surface area contributed by atoms with E-state index in [2.05, 4.69) is 59.2 Å². The number of rotatable bonds is 7. The van der Waals surface area contributed by atoms with Crippen LogP contribution in [0.2, 0.25) is 0 Å². The highest BCUT2D eigenvalue weighted by atomic mass is 32.1. The van der Waals surface area contributed by atoms with Crippen LogP contribution in [0.3, 0.4) is 0 Å². The lowest BCUT2D eigenvalue weighted by Crippen LogP contribution is -2.64. The number of hydrazine groups is 1. The van der Waals surface area contributed by atoms with Gasteiger partial charge in [-0.2, -0.15) is 4.37 Å². The molecule has 4 aromatic rings. The second-order valence-corrected chi connectivity index (χ2v) is 19.6. The number of methoxy groups -OCH3 is 1. The second kappa shape index (κ2) is 17.7. The van der Waals surface area contributed by atoms with Crippen LogP contribution in [0.5, 0.6) is 0 Å². The molecule has 4 aliphatic heterocycles. The zero-order valence-electron chi connectivity index (χ0n) is 37.8. The summed E-state index contributed by atoms with van der Waals surface area (Å²) in [5, 5.41) is 5.94. The predicted molar refractivity (Wildman–Crippen MR) is 240 cm³/mol. The molecule has 7 heterocycles. The van der Waals surface area contributed by atoms with Gasteiger partial charge in [0.25, 0.3) is 11.8 Å². The summed E-state index contributed by atoms with van der Waals surface area (Å²) in [6, 6.07) is 7.33. The van der Waals surface area contributed by atoms with Gasteiger partial charge in [-0.05, 0) is 98.8 Å². The SMILES string of the molecule is CC#CC(=O)N1CC2(CCN([C@H](C(=O)N[C@H]3Cc4nc(ns4)-c4ccc5c(c4)c(c(-c4cccnc4[C@H](C)OC)n5C)CC(C)(C)COC(=O)[C@@H]4CCCN(N4)C3=O)C(C)C)C2=O)C1. The Morgan fingerprint density at radius 2 is 1.89 bits per heavy atom. The summed E-state index contributed by atoms with van der Waals surface area (Å²) < 4.78 is 18.8. The number of amides is 4. The van der Waals surface area contributed by atoms with Crippen molar-refractivity contribution in [3.05, 3.63) is 52.8 Å². The number of esters is 1. The van der Waals surface area contributed by atoms with E-state index >= 15 is 0 Å². The van der Waals surface area contributed by atoms with Crippen LogP contribution in [0.4, 0.5) is 0 Å². The van der Waals surface area contributed by atoms with Gasteiger partial charge in [-0.1, -0.05) is 33.6 Å². The number of nitrogens with zero attached hydrogens (tertiary/aromatic N) is 7. The average Bonchev–Trinajstić information content (AvgIpc) is 3.94. The van der Waals surface area contributed by atoms with Crippen LogP contribution in [-0.4, -0.2) is 121 Å². The van der Waals surface area contributed by atoms with Crippen molar-refractivity contribution in [1.29, 1.82) is 0 Å². The van der Waals surface area contributed by atoms with E-state index < -0.39 is 46.7 Å². The van der Waals surface area contributed by atoms with Crippen molar-refractivity contribution in [2.45, 2.75) is 97.9 Å². The molecule has 64 heavy (non-hydrogen) atoms. The lowest BCUT2D eigenvalue weighted by atomic mass is 9.78. The fraction of sp³-hybridized carbons (Fsp3) is 0.532. The lowest BCUT2D eigenvalue weighted by Gasteiger charge is -2.46. The zero-order chi connectivity index (χ0) is 45.7. The van der Waals surface area contributed by atoms with Crippen LogP contribution in [0.25, 0.3) is 33.5 Å². The third-order valence-corrected chi connectivity index (χ3v) is 13.9. The first-order chi connectivity index (χ1) is 30.5. The minimum atomic E-state index is -1.11. The predicted octanol–water partition coefficient (Wildman–Crippen LogP) is 4.22. The van der Waals surface area contributed by atoms with Gasteiger partial charge in [0.05, 0.1) is 29.5 Å². The van der Waals surface area contributed by atoms with Gasteiger partial charge in [0.15, 0.2) is 5.82 Å². The van der Waals surface area contributed by atoms with E-state index in [1.807, 2.05) is 40.0 Å². The molecule has 4 atom stereocenters. The number of aryl methyl sites for hydroxylation is 1. The normalized spacial score (nSPS) is 21.8. The smallest absolute Gasteiger partial charge is 0.324 e. The van der Waals surface area contributed by atoms with Crippen LogP contribution in [0.15, 0.2) is 36.5 Å². The van der Waals surface area contributed by atoms with Crippen LogP contribution >= 0.6 is 11.5 Å². The zero-order valence-corrected chi connectivity index (χ0v) is 38.6. The maximum atomic E-state index is 14.6. The van der Waals surface area contributed by atoms with Crippen molar-refractivity contribution in [2.24, 2.45) is 23.8 Å². The Hall–Kier alpha value is -5.70. The minimum absolute atomic E-state index is 0.0202. The van der Waals surface area contributed by atoms with Gasteiger partial charge in [0.2, 0.25) is 11.8 Å². The number of nitrogens with one attached hydrogen (secondary N) is 2. The van der Waals surface area contributed by atoms with Crippen molar-refractivity contribution in [1.82, 2.24) is 44.5 Å². The molecule has 6 bridgehead atoms.